The Labute approximate surface area is 133 Å². The maximum absolute atomic E-state index is 12.8. The number of nitrogen functional groups attached to an aromatic ring is 1. The summed E-state index contributed by atoms with van der Waals surface area (Å²) in [4.78, 5) is 14.1. The number of carbonyl (C=O) groups excluding carboxylic acids is 1. The highest BCUT2D eigenvalue weighted by atomic mass is 19.4. The van der Waals surface area contributed by atoms with Gasteiger partial charge in [-0.2, -0.15) is 13.2 Å². The summed E-state index contributed by atoms with van der Waals surface area (Å²) in [5, 5.41) is 2.51. The average Bonchev–Trinajstić information content (AvgIpc) is 2.47. The molecule has 0 aliphatic carbocycles. The lowest BCUT2D eigenvalue weighted by molar-refractivity contribution is -0.136. The molecule has 1 amide bonds. The maximum Gasteiger partial charge on any atom is 0.418 e. The molecule has 1 aromatic rings. The van der Waals surface area contributed by atoms with Gasteiger partial charge in [-0.05, 0) is 50.0 Å². The topological polar surface area (TPSA) is 58.4 Å². The van der Waals surface area contributed by atoms with Crippen LogP contribution in [0.3, 0.4) is 0 Å². The first kappa shape index (κ1) is 17.6. The molecule has 128 valence electrons. The molecule has 1 saturated heterocycles. The molecule has 0 atom stereocenters. The molecule has 0 radical (unpaired) electrons. The van der Waals surface area contributed by atoms with Gasteiger partial charge in [0, 0.05) is 24.3 Å². The van der Waals surface area contributed by atoms with Crippen LogP contribution in [-0.4, -0.2) is 30.4 Å². The van der Waals surface area contributed by atoms with E-state index < -0.39 is 11.7 Å². The summed E-state index contributed by atoms with van der Waals surface area (Å²) in [5.41, 5.74) is 4.17. The molecule has 1 aromatic carbocycles. The van der Waals surface area contributed by atoms with Gasteiger partial charge in [0.25, 0.3) is 0 Å². The van der Waals surface area contributed by atoms with Gasteiger partial charge in [-0.3, -0.25) is 4.79 Å². The first-order valence-corrected chi connectivity index (χ1v) is 7.74. The molecule has 0 aromatic heterocycles. The van der Waals surface area contributed by atoms with Crippen LogP contribution >= 0.6 is 0 Å². The van der Waals surface area contributed by atoms with E-state index in [-0.39, 0.29) is 23.7 Å². The highest BCUT2D eigenvalue weighted by molar-refractivity contribution is 5.91. The molecule has 0 unspecified atom stereocenters. The fraction of sp³-hybridized carbons (Fsp3) is 0.562. The molecule has 2 rings (SSSR count). The summed E-state index contributed by atoms with van der Waals surface area (Å²) in [6, 6.07) is 3.41. The van der Waals surface area contributed by atoms with Crippen molar-refractivity contribution in [2.24, 2.45) is 5.92 Å². The Hall–Kier alpha value is -1.76. The van der Waals surface area contributed by atoms with Crippen LogP contribution in [0, 0.1) is 5.92 Å². The predicted molar refractivity (Wildman–Crippen MR) is 83.9 cm³/mol. The summed E-state index contributed by atoms with van der Waals surface area (Å²) in [6.45, 7) is 4.77. The Morgan fingerprint density at radius 3 is 2.61 bits per heavy atom. The van der Waals surface area contributed by atoms with Crippen LogP contribution in [0.25, 0.3) is 0 Å². The van der Waals surface area contributed by atoms with Gasteiger partial charge in [-0.25, -0.2) is 0 Å². The number of amides is 1. The third-order valence-electron chi connectivity index (χ3n) is 4.17. The standard InChI is InChI=1S/C16H22F3N3O/c1-11-4-7-22(8-5-11)9-6-15(23)21-12-2-3-14(20)13(10-12)16(17,18)19/h2-3,10-11H,4-9,20H2,1H3,(H,21,23). The molecular formula is C16H22F3N3O. The van der Waals surface area contributed by atoms with Crippen LogP contribution < -0.4 is 11.1 Å². The van der Waals surface area contributed by atoms with E-state index >= 15 is 0 Å². The van der Waals surface area contributed by atoms with E-state index in [2.05, 4.69) is 17.1 Å². The highest BCUT2D eigenvalue weighted by Crippen LogP contribution is 2.35. The summed E-state index contributed by atoms with van der Waals surface area (Å²) >= 11 is 0. The monoisotopic (exact) mass is 329 g/mol. The van der Waals surface area contributed by atoms with Crippen molar-refractivity contribution in [3.8, 4) is 0 Å². The summed E-state index contributed by atoms with van der Waals surface area (Å²) in [6.07, 6.45) is -2.03. The minimum absolute atomic E-state index is 0.115. The third-order valence-corrected chi connectivity index (χ3v) is 4.17. The van der Waals surface area contributed by atoms with Crippen LogP contribution in [0.5, 0.6) is 0 Å². The zero-order valence-electron chi connectivity index (χ0n) is 13.1. The Morgan fingerprint density at radius 1 is 1.35 bits per heavy atom. The average molecular weight is 329 g/mol. The molecule has 0 spiro atoms. The Kier molecular flexibility index (Phi) is 5.51. The van der Waals surface area contributed by atoms with Crippen LogP contribution in [0.15, 0.2) is 18.2 Å². The molecule has 3 N–H and O–H groups in total. The minimum Gasteiger partial charge on any atom is -0.398 e. The smallest absolute Gasteiger partial charge is 0.398 e. The zero-order chi connectivity index (χ0) is 17.0. The SMILES string of the molecule is CC1CCN(CCC(=O)Nc2ccc(N)c(C(F)(F)F)c2)CC1. The number of likely N-dealkylation sites (tertiary alicyclic amines) is 1. The van der Waals surface area contributed by atoms with Crippen molar-refractivity contribution < 1.29 is 18.0 Å². The van der Waals surface area contributed by atoms with Crippen molar-refractivity contribution in [2.45, 2.75) is 32.4 Å². The second kappa shape index (κ2) is 7.21. The highest BCUT2D eigenvalue weighted by Gasteiger charge is 2.33. The number of anilines is 2. The number of nitrogens with two attached hydrogens (primary N) is 1. The first-order chi connectivity index (χ1) is 10.8. The van der Waals surface area contributed by atoms with Gasteiger partial charge < -0.3 is 16.0 Å². The molecule has 7 heteroatoms. The summed E-state index contributed by atoms with van der Waals surface area (Å²) < 4.78 is 38.4. The van der Waals surface area contributed by atoms with Crippen molar-refractivity contribution in [3.05, 3.63) is 23.8 Å². The number of nitrogens with one attached hydrogen (secondary N) is 1. The van der Waals surface area contributed by atoms with E-state index in [0.717, 1.165) is 44.0 Å². The number of halogens is 3. The van der Waals surface area contributed by atoms with Gasteiger partial charge in [0.05, 0.1) is 5.56 Å². The van der Waals surface area contributed by atoms with E-state index in [9.17, 15) is 18.0 Å². The number of benzene rings is 1. The van der Waals surface area contributed by atoms with Crippen molar-refractivity contribution in [3.63, 3.8) is 0 Å². The Bertz CT molecular complexity index is 552. The minimum atomic E-state index is -4.53. The Morgan fingerprint density at radius 2 is 2.00 bits per heavy atom. The van der Waals surface area contributed by atoms with Crippen molar-refractivity contribution in [1.82, 2.24) is 4.90 Å². The molecular weight excluding hydrogens is 307 g/mol. The molecule has 4 nitrogen and oxygen atoms in total. The number of nitrogens with zero attached hydrogens (tertiary/aromatic N) is 1. The van der Waals surface area contributed by atoms with Crippen LogP contribution in [0.2, 0.25) is 0 Å². The van der Waals surface area contributed by atoms with Gasteiger partial charge in [0.1, 0.15) is 0 Å². The summed E-state index contributed by atoms with van der Waals surface area (Å²) in [7, 11) is 0. The second-order valence-electron chi connectivity index (χ2n) is 6.12. The molecule has 1 aliphatic rings. The molecule has 1 aliphatic heterocycles. The number of rotatable bonds is 4. The van der Waals surface area contributed by atoms with Crippen molar-refractivity contribution in [2.75, 3.05) is 30.7 Å². The predicted octanol–water partition coefficient (Wildman–Crippen LogP) is 3.35. The van der Waals surface area contributed by atoms with Crippen molar-refractivity contribution in [1.29, 1.82) is 0 Å². The van der Waals surface area contributed by atoms with Crippen molar-refractivity contribution >= 4 is 17.3 Å². The lowest BCUT2D eigenvalue weighted by Crippen LogP contribution is -2.35. The third kappa shape index (κ3) is 5.13. The first-order valence-electron chi connectivity index (χ1n) is 7.74. The normalized spacial score (nSPS) is 17.2. The number of alkyl halides is 3. The van der Waals surface area contributed by atoms with Crippen LogP contribution in [0.4, 0.5) is 24.5 Å². The number of hydrogen-bond acceptors (Lipinski definition) is 3. The zero-order valence-corrected chi connectivity index (χ0v) is 13.1. The lowest BCUT2D eigenvalue weighted by Gasteiger charge is -2.29. The maximum atomic E-state index is 12.8. The quantitative estimate of drug-likeness (QED) is 0.833. The molecule has 23 heavy (non-hydrogen) atoms. The molecule has 0 saturated carbocycles. The number of carbonyl (C=O) groups is 1. The Balaban J connectivity index is 1.88. The van der Waals surface area contributed by atoms with E-state index in [4.69, 9.17) is 5.73 Å². The van der Waals surface area contributed by atoms with E-state index in [0.29, 0.717) is 6.54 Å². The van der Waals surface area contributed by atoms with Gasteiger partial charge >= 0.3 is 6.18 Å². The van der Waals surface area contributed by atoms with Crippen LogP contribution in [0.1, 0.15) is 31.7 Å². The molecule has 1 fully saturated rings. The van der Waals surface area contributed by atoms with Gasteiger partial charge in [-0.15, -0.1) is 0 Å². The fourth-order valence-electron chi connectivity index (χ4n) is 2.65. The number of hydrogen-bond donors (Lipinski definition) is 2. The number of piperidine rings is 1. The van der Waals surface area contributed by atoms with Gasteiger partial charge in [0.15, 0.2) is 0 Å². The second-order valence-corrected chi connectivity index (χ2v) is 6.12. The van der Waals surface area contributed by atoms with E-state index in [1.807, 2.05) is 0 Å². The fourth-order valence-corrected chi connectivity index (χ4v) is 2.65. The summed E-state index contributed by atoms with van der Waals surface area (Å²) in [5.74, 6) is 0.428. The molecule has 0 bridgehead atoms. The van der Waals surface area contributed by atoms with Gasteiger partial charge in [0.2, 0.25) is 5.91 Å². The van der Waals surface area contributed by atoms with E-state index in [1.165, 1.54) is 6.07 Å². The van der Waals surface area contributed by atoms with Gasteiger partial charge in [-0.1, -0.05) is 6.92 Å². The van der Waals surface area contributed by atoms with E-state index in [1.54, 1.807) is 0 Å². The lowest BCUT2D eigenvalue weighted by atomic mass is 9.99. The van der Waals surface area contributed by atoms with Crippen LogP contribution in [-0.2, 0) is 11.0 Å². The molecule has 1 heterocycles. The largest absolute Gasteiger partial charge is 0.418 e.